The summed E-state index contributed by atoms with van der Waals surface area (Å²) in [6.07, 6.45) is 0.844. The van der Waals surface area contributed by atoms with Gasteiger partial charge in [0.1, 0.15) is 11.9 Å². The fourth-order valence-corrected chi connectivity index (χ4v) is 6.49. The van der Waals surface area contributed by atoms with Crippen molar-refractivity contribution in [1.29, 1.82) is 0 Å². The van der Waals surface area contributed by atoms with Gasteiger partial charge in [0.05, 0.1) is 42.4 Å². The van der Waals surface area contributed by atoms with Crippen LogP contribution in [0.1, 0.15) is 73.6 Å². The number of hydrogen-bond acceptors (Lipinski definition) is 9. The van der Waals surface area contributed by atoms with Crippen molar-refractivity contribution in [3.63, 3.8) is 0 Å². The summed E-state index contributed by atoms with van der Waals surface area (Å²) in [6, 6.07) is -0.926. The zero-order chi connectivity index (χ0) is 29.3. The number of esters is 1. The van der Waals surface area contributed by atoms with Crippen LogP contribution in [-0.2, 0) is 37.7 Å². The van der Waals surface area contributed by atoms with E-state index in [1.54, 1.807) is 40.7 Å². The number of carbonyl (C=O) groups excluding carboxylic acids is 2. The van der Waals surface area contributed by atoms with Crippen LogP contribution in [0.3, 0.4) is 0 Å². The number of nitrogens with zero attached hydrogens (tertiary/aromatic N) is 3. The summed E-state index contributed by atoms with van der Waals surface area (Å²) in [5, 5.41) is 3.84. The van der Waals surface area contributed by atoms with Crippen molar-refractivity contribution in [2.24, 2.45) is 22.4 Å². The molecular weight excluding hydrogens is 552 g/mol. The van der Waals surface area contributed by atoms with Gasteiger partial charge in [-0.25, -0.2) is 0 Å². The molecule has 0 saturated carbocycles. The molecule has 0 radical (unpaired) electrons. The van der Waals surface area contributed by atoms with Gasteiger partial charge in [-0.15, -0.1) is 0 Å². The van der Waals surface area contributed by atoms with Crippen molar-refractivity contribution in [3.05, 3.63) is 22.1 Å². The third kappa shape index (κ3) is 10.1. The number of hydrogen-bond donors (Lipinski definition) is 0. The third-order valence-corrected chi connectivity index (χ3v) is 8.59. The number of cyclic esters (lactones) is 1. The number of Topliss-reactive ketones (excluding diaryl/α,β-unsaturated/α-hetero) is 1. The molecule has 1 rings (SSSR count). The van der Waals surface area contributed by atoms with Crippen molar-refractivity contribution in [3.8, 4) is 0 Å². The molecule has 11 nitrogen and oxygen atoms in total. The molecule has 1 fully saturated rings. The Kier molecular flexibility index (Phi) is 14.3. The van der Waals surface area contributed by atoms with Gasteiger partial charge >= 0.3 is 5.97 Å². The van der Waals surface area contributed by atoms with Crippen molar-refractivity contribution in [2.75, 3.05) is 6.26 Å². The van der Waals surface area contributed by atoms with E-state index in [-0.39, 0.29) is 31.0 Å². The van der Waals surface area contributed by atoms with Gasteiger partial charge in [0, 0.05) is 29.8 Å². The van der Waals surface area contributed by atoms with Gasteiger partial charge in [-0.3, -0.25) is 13.8 Å². The van der Waals surface area contributed by atoms with Gasteiger partial charge in [0.15, 0.2) is 0 Å². The van der Waals surface area contributed by atoms with E-state index in [0.29, 0.717) is 18.4 Å². The minimum absolute atomic E-state index is 0.0187. The average molecular weight is 596 g/mol. The molecule has 218 valence electrons. The lowest BCUT2D eigenvalue weighted by Crippen LogP contribution is -2.46. The normalized spacial score (nSPS) is 32.8. The predicted octanol–water partition coefficient (Wildman–Crippen LogP) is 5.07. The fourth-order valence-electron chi connectivity index (χ4n) is 4.88. The van der Waals surface area contributed by atoms with E-state index in [1.165, 1.54) is 0 Å². The molecule has 14 heteroatoms. The number of ether oxygens (including phenoxy) is 1. The number of azide groups is 1. The highest BCUT2D eigenvalue weighted by molar-refractivity contribution is 7.86. The molecule has 1 aliphatic heterocycles. The second-order valence-electron chi connectivity index (χ2n) is 10.6. The third-order valence-electron chi connectivity index (χ3n) is 7.35. The zero-order valence-corrected chi connectivity index (χ0v) is 26.5. The summed E-state index contributed by atoms with van der Waals surface area (Å²) in [4.78, 5) is 29.6. The Morgan fingerprint density at radius 1 is 1.21 bits per heavy atom. The fraction of sp³-hybridized carbons (Fsp3) is 0.833. The maximum Gasteiger partial charge on any atom is 0.309 e. The van der Waals surface area contributed by atoms with Crippen LogP contribution >= 0.6 is 18.9 Å². The first-order valence-corrected chi connectivity index (χ1v) is 15.4. The van der Waals surface area contributed by atoms with Crippen LogP contribution in [-0.4, -0.2) is 56.9 Å². The minimum atomic E-state index is -3.88. The molecule has 38 heavy (non-hydrogen) atoms. The van der Waals surface area contributed by atoms with Crippen molar-refractivity contribution < 1.29 is 36.0 Å². The molecule has 0 bridgehead atoms. The van der Waals surface area contributed by atoms with E-state index in [2.05, 4.69) is 29.0 Å². The molecule has 1 heterocycles. The van der Waals surface area contributed by atoms with Crippen LogP contribution in [0.4, 0.5) is 0 Å². The Hall–Kier alpha value is -1.12. The lowest BCUT2D eigenvalue weighted by Gasteiger charge is -2.37. The average Bonchev–Trinajstić information content (AvgIpc) is 2.83. The first-order chi connectivity index (χ1) is 17.6. The summed E-state index contributed by atoms with van der Waals surface area (Å²) in [5.74, 6) is -1.34. The molecule has 9 unspecified atom stereocenters. The van der Waals surface area contributed by atoms with E-state index in [0.717, 1.165) is 6.26 Å². The minimum Gasteiger partial charge on any atom is -0.458 e. The first kappa shape index (κ1) is 34.9. The molecule has 0 N–H and O–H groups in total. The van der Waals surface area contributed by atoms with E-state index < -0.39 is 57.9 Å². The van der Waals surface area contributed by atoms with Crippen LogP contribution in [0.5, 0.6) is 0 Å². The monoisotopic (exact) mass is 595 g/mol. The van der Waals surface area contributed by atoms with Gasteiger partial charge in [-0.05, 0) is 50.1 Å². The van der Waals surface area contributed by atoms with Crippen molar-refractivity contribution in [1.82, 2.24) is 0 Å². The molecule has 0 aromatic rings. The topological polar surface area (TPSA) is 154 Å². The second kappa shape index (κ2) is 15.6. The van der Waals surface area contributed by atoms with Crippen LogP contribution in [0.15, 0.2) is 16.8 Å². The van der Waals surface area contributed by atoms with Crippen LogP contribution in [0.25, 0.3) is 10.4 Å². The van der Waals surface area contributed by atoms with Gasteiger partial charge in [-0.1, -0.05) is 45.3 Å². The Morgan fingerprint density at radius 2 is 1.84 bits per heavy atom. The molecule has 0 aromatic carbocycles. The number of ketones is 1. The molecule has 1 aliphatic rings. The predicted molar refractivity (Wildman–Crippen MR) is 151 cm³/mol. The highest BCUT2D eigenvalue weighted by Crippen LogP contribution is 2.36. The Labute approximate surface area is 231 Å². The summed E-state index contributed by atoms with van der Waals surface area (Å²) >= 11 is 0. The number of carbonyl (C=O) groups is 2. The maximum atomic E-state index is 13.6. The lowest BCUT2D eigenvalue weighted by atomic mass is 9.73. The van der Waals surface area contributed by atoms with Gasteiger partial charge in [-0.2, -0.15) is 8.42 Å². The summed E-state index contributed by atoms with van der Waals surface area (Å²) < 4.78 is 46.5. The molecule has 0 spiro atoms. The number of allylic oxidation sites excluding steroid dienone is 1. The first-order valence-electron chi connectivity index (χ1n) is 12.6. The lowest BCUT2D eigenvalue weighted by molar-refractivity contribution is -0.153. The van der Waals surface area contributed by atoms with E-state index in [1.807, 2.05) is 6.92 Å². The highest BCUT2D eigenvalue weighted by Gasteiger charge is 2.44. The Bertz CT molecular complexity index is 1000. The van der Waals surface area contributed by atoms with Gasteiger partial charge < -0.3 is 13.8 Å². The van der Waals surface area contributed by atoms with E-state index in [4.69, 9.17) is 18.0 Å². The molecule has 9 atom stereocenters. The van der Waals surface area contributed by atoms with E-state index >= 15 is 0 Å². The SMILES string of the molecule is C/C=C(\C)C1CC(N=[N+]=[N-])C(OS(C)(=O)=O)CCCC(C)C(OP)C(C)C(=O)C(C)(C)C(OP)CC(=O)O1. The second-order valence-corrected chi connectivity index (χ2v) is 12.7. The molecule has 0 aromatic heterocycles. The Morgan fingerprint density at radius 3 is 2.34 bits per heavy atom. The summed E-state index contributed by atoms with van der Waals surface area (Å²) in [6.45, 7) is 10.8. The Balaban J connectivity index is 3.58. The zero-order valence-electron chi connectivity index (χ0n) is 23.3. The molecule has 0 aliphatic carbocycles. The van der Waals surface area contributed by atoms with Gasteiger partial charge in [0.2, 0.25) is 0 Å². The highest BCUT2D eigenvalue weighted by atomic mass is 32.2. The quantitative estimate of drug-likeness (QED) is 0.0784. The van der Waals surface area contributed by atoms with E-state index in [9.17, 15) is 23.5 Å². The van der Waals surface area contributed by atoms with Crippen molar-refractivity contribution in [2.45, 2.75) is 104 Å². The maximum absolute atomic E-state index is 13.6. The number of rotatable bonds is 6. The smallest absolute Gasteiger partial charge is 0.309 e. The van der Waals surface area contributed by atoms with Gasteiger partial charge in [0.25, 0.3) is 10.1 Å². The summed E-state index contributed by atoms with van der Waals surface area (Å²) in [5.41, 5.74) is 8.91. The standard InChI is InChI=1S/C24H43N3O8P2S/c1-8-14(2)19-12-17(26-27-25)18(35-38(7,30)31)11-9-10-15(3)22(34-37)16(4)23(29)24(5,6)20(33-36)13-21(28)32-19/h8,15-20,22H,9-13,36-37H2,1-7H3/b14-8+. The van der Waals surface area contributed by atoms with Crippen LogP contribution in [0, 0.1) is 17.3 Å². The molecule has 1 saturated heterocycles. The largest absolute Gasteiger partial charge is 0.458 e. The molecular formula is C24H43N3O8P2S. The van der Waals surface area contributed by atoms with Crippen LogP contribution in [0.2, 0.25) is 0 Å². The summed E-state index contributed by atoms with van der Waals surface area (Å²) in [7, 11) is 0.472. The molecule has 0 amide bonds. The van der Waals surface area contributed by atoms with Crippen molar-refractivity contribution >= 4 is 40.8 Å². The van der Waals surface area contributed by atoms with Crippen LogP contribution < -0.4 is 0 Å².